The molecular weight excluding hydrogens is 312 g/mol. The van der Waals surface area contributed by atoms with Crippen molar-refractivity contribution in [3.05, 3.63) is 52.7 Å². The molecule has 1 N–H and O–H groups in total. The number of hydrogen-bond donors (Lipinski definition) is 1. The quantitative estimate of drug-likeness (QED) is 0.576. The molecule has 0 aliphatic carbocycles. The lowest BCUT2D eigenvalue weighted by molar-refractivity contribution is -0.136. The Morgan fingerprint density at radius 2 is 2.17 bits per heavy atom. The van der Waals surface area contributed by atoms with Crippen molar-refractivity contribution in [3.63, 3.8) is 0 Å². The first kappa shape index (κ1) is 15.1. The molecule has 0 fully saturated rings. The highest BCUT2D eigenvalue weighted by atomic mass is 32.1. The van der Waals surface area contributed by atoms with Crippen molar-refractivity contribution in [3.8, 4) is 11.4 Å². The Bertz CT molecular complexity index is 810. The van der Waals surface area contributed by atoms with Gasteiger partial charge in [0.05, 0.1) is 6.61 Å². The predicted molar refractivity (Wildman–Crippen MR) is 88.4 cm³/mol. The van der Waals surface area contributed by atoms with E-state index in [-0.39, 0.29) is 0 Å². The zero-order chi connectivity index (χ0) is 16.1. The molecule has 0 spiro atoms. The van der Waals surface area contributed by atoms with Gasteiger partial charge in [-0.15, -0.1) is 11.3 Å². The zero-order valence-electron chi connectivity index (χ0n) is 12.4. The number of aromatic nitrogens is 4. The summed E-state index contributed by atoms with van der Waals surface area (Å²) < 4.78 is 5.12. The highest BCUT2D eigenvalue weighted by Crippen LogP contribution is 2.22. The first-order valence-electron chi connectivity index (χ1n) is 7.03. The third kappa shape index (κ3) is 3.51. The molecule has 0 saturated heterocycles. The van der Waals surface area contributed by atoms with Crippen molar-refractivity contribution >= 4 is 29.0 Å². The molecule has 0 aliphatic rings. The van der Waals surface area contributed by atoms with E-state index >= 15 is 0 Å². The second kappa shape index (κ2) is 6.97. The fourth-order valence-corrected chi connectivity index (χ4v) is 2.62. The van der Waals surface area contributed by atoms with E-state index in [2.05, 4.69) is 20.2 Å². The maximum Gasteiger partial charge on any atom is 0.342 e. The van der Waals surface area contributed by atoms with Crippen LogP contribution in [0.15, 0.2) is 42.0 Å². The molecule has 0 bridgehead atoms. The van der Waals surface area contributed by atoms with Crippen LogP contribution in [0.1, 0.15) is 17.6 Å². The normalized spacial score (nSPS) is 11.4. The first-order valence-corrected chi connectivity index (χ1v) is 7.91. The Morgan fingerprint density at radius 1 is 1.35 bits per heavy atom. The van der Waals surface area contributed by atoms with Gasteiger partial charge in [0.2, 0.25) is 0 Å². The van der Waals surface area contributed by atoms with Gasteiger partial charge in [-0.3, -0.25) is 10.1 Å². The van der Waals surface area contributed by atoms with Gasteiger partial charge in [-0.1, -0.05) is 6.07 Å². The van der Waals surface area contributed by atoms with E-state index in [1.54, 1.807) is 37.5 Å². The molecule has 3 heterocycles. The number of pyridine rings is 1. The lowest BCUT2D eigenvalue weighted by atomic mass is 10.2. The van der Waals surface area contributed by atoms with Crippen molar-refractivity contribution in [2.45, 2.75) is 6.92 Å². The molecule has 0 atom stereocenters. The van der Waals surface area contributed by atoms with Gasteiger partial charge in [0.15, 0.2) is 11.6 Å². The van der Waals surface area contributed by atoms with E-state index in [0.717, 1.165) is 10.4 Å². The average Bonchev–Trinajstić information content (AvgIpc) is 3.25. The largest absolute Gasteiger partial charge is 0.462 e. The third-order valence-corrected chi connectivity index (χ3v) is 3.82. The minimum atomic E-state index is -0.432. The Morgan fingerprint density at radius 3 is 2.87 bits per heavy atom. The highest BCUT2D eigenvalue weighted by molar-refractivity contribution is 7.10. The molecule has 0 aromatic carbocycles. The Labute approximate surface area is 136 Å². The van der Waals surface area contributed by atoms with Crippen LogP contribution in [0.25, 0.3) is 23.0 Å². The van der Waals surface area contributed by atoms with Gasteiger partial charge in [-0.25, -0.2) is 9.78 Å². The number of carbonyl (C=O) groups excluding carboxylic acids is 1. The van der Waals surface area contributed by atoms with Crippen LogP contribution in [0.3, 0.4) is 0 Å². The number of ether oxygens (including phenoxy) is 1. The van der Waals surface area contributed by atoms with Crippen molar-refractivity contribution < 1.29 is 9.53 Å². The molecule has 0 radical (unpaired) electrons. The van der Waals surface area contributed by atoms with Crippen LogP contribution in [-0.4, -0.2) is 32.7 Å². The van der Waals surface area contributed by atoms with E-state index in [1.807, 2.05) is 17.5 Å². The predicted octanol–water partition coefficient (Wildman–Crippen LogP) is 3.03. The molecule has 3 rings (SSSR count). The van der Waals surface area contributed by atoms with Crippen molar-refractivity contribution in [1.29, 1.82) is 0 Å². The fraction of sp³-hybridized carbons (Fsp3) is 0.125. The van der Waals surface area contributed by atoms with Crippen LogP contribution >= 0.6 is 11.3 Å². The van der Waals surface area contributed by atoms with Gasteiger partial charge in [0.25, 0.3) is 0 Å². The van der Waals surface area contributed by atoms with E-state index < -0.39 is 5.97 Å². The zero-order valence-corrected chi connectivity index (χ0v) is 13.2. The summed E-state index contributed by atoms with van der Waals surface area (Å²) in [5.74, 6) is 0.450. The van der Waals surface area contributed by atoms with Crippen molar-refractivity contribution in [2.75, 3.05) is 6.61 Å². The number of hydrogen-bond acceptors (Lipinski definition) is 6. The highest BCUT2D eigenvalue weighted by Gasteiger charge is 2.18. The monoisotopic (exact) mass is 326 g/mol. The van der Waals surface area contributed by atoms with Gasteiger partial charge < -0.3 is 4.74 Å². The maximum absolute atomic E-state index is 12.2. The number of aromatic amines is 1. The van der Waals surface area contributed by atoms with Crippen LogP contribution < -0.4 is 0 Å². The summed E-state index contributed by atoms with van der Waals surface area (Å²) >= 11 is 1.53. The van der Waals surface area contributed by atoms with Crippen molar-refractivity contribution in [2.24, 2.45) is 0 Å². The molecule has 116 valence electrons. The molecule has 3 aromatic heterocycles. The summed E-state index contributed by atoms with van der Waals surface area (Å²) in [6, 6.07) is 7.45. The summed E-state index contributed by atoms with van der Waals surface area (Å²) in [7, 11) is 0. The molecule has 7 heteroatoms. The second-order valence-electron chi connectivity index (χ2n) is 4.54. The van der Waals surface area contributed by atoms with Gasteiger partial charge in [0.1, 0.15) is 5.57 Å². The lowest BCUT2D eigenvalue weighted by Crippen LogP contribution is -2.08. The van der Waals surface area contributed by atoms with Crippen LogP contribution in [0.4, 0.5) is 0 Å². The standard InChI is InChI=1S/C16H14N4O2S/c1-2-22-16(21)13(10-12-4-3-9-23-12)15-18-14(19-20-15)11-5-7-17-8-6-11/h3-10H,2H2,1H3,(H,18,19,20)/b13-10+. The summed E-state index contributed by atoms with van der Waals surface area (Å²) in [6.07, 6.45) is 5.08. The minimum Gasteiger partial charge on any atom is -0.462 e. The fourth-order valence-electron chi connectivity index (χ4n) is 1.96. The van der Waals surface area contributed by atoms with Gasteiger partial charge in [-0.2, -0.15) is 5.10 Å². The number of carbonyl (C=O) groups is 1. The molecule has 3 aromatic rings. The van der Waals surface area contributed by atoms with Gasteiger partial charge in [0, 0.05) is 22.8 Å². The van der Waals surface area contributed by atoms with Gasteiger partial charge >= 0.3 is 5.97 Å². The Hall–Kier alpha value is -2.80. The average molecular weight is 326 g/mol. The van der Waals surface area contributed by atoms with Crippen molar-refractivity contribution in [1.82, 2.24) is 20.2 Å². The summed E-state index contributed by atoms with van der Waals surface area (Å²) in [4.78, 5) is 21.5. The van der Waals surface area contributed by atoms with E-state index in [0.29, 0.717) is 23.8 Å². The minimum absolute atomic E-state index is 0.298. The van der Waals surface area contributed by atoms with Crippen LogP contribution in [0.2, 0.25) is 0 Å². The first-order chi connectivity index (χ1) is 11.3. The second-order valence-corrected chi connectivity index (χ2v) is 5.52. The number of rotatable bonds is 5. The van der Waals surface area contributed by atoms with E-state index in [4.69, 9.17) is 4.74 Å². The number of H-pyrrole nitrogens is 1. The SMILES string of the molecule is CCOC(=O)/C(=C/c1cccs1)c1nc(-c2ccncc2)n[nH]1. The number of nitrogens with zero attached hydrogens (tertiary/aromatic N) is 3. The molecule has 0 saturated carbocycles. The van der Waals surface area contributed by atoms with Gasteiger partial charge in [-0.05, 0) is 36.6 Å². The lowest BCUT2D eigenvalue weighted by Gasteiger charge is -2.03. The summed E-state index contributed by atoms with van der Waals surface area (Å²) in [5, 5.41) is 8.92. The summed E-state index contributed by atoms with van der Waals surface area (Å²) in [6.45, 7) is 2.06. The van der Waals surface area contributed by atoms with E-state index in [1.165, 1.54) is 11.3 Å². The Kier molecular flexibility index (Phi) is 4.58. The Balaban J connectivity index is 1.97. The molecule has 0 aliphatic heterocycles. The summed E-state index contributed by atoms with van der Waals surface area (Å²) in [5.41, 5.74) is 1.17. The smallest absolute Gasteiger partial charge is 0.342 e. The number of nitrogens with one attached hydrogen (secondary N) is 1. The number of esters is 1. The molecule has 6 nitrogen and oxygen atoms in total. The molecular formula is C16H14N4O2S. The molecule has 0 unspecified atom stereocenters. The van der Waals surface area contributed by atoms with E-state index in [9.17, 15) is 4.79 Å². The number of thiophene rings is 1. The maximum atomic E-state index is 12.2. The van der Waals surface area contributed by atoms with Crippen LogP contribution in [0, 0.1) is 0 Å². The third-order valence-electron chi connectivity index (χ3n) is 3.00. The molecule has 0 amide bonds. The topological polar surface area (TPSA) is 80.8 Å². The van der Waals surface area contributed by atoms with Crippen LogP contribution in [0.5, 0.6) is 0 Å². The van der Waals surface area contributed by atoms with Crippen LogP contribution in [-0.2, 0) is 9.53 Å². The molecule has 23 heavy (non-hydrogen) atoms.